The van der Waals surface area contributed by atoms with Gasteiger partial charge in [-0.05, 0) is 42.7 Å². The van der Waals surface area contributed by atoms with E-state index in [1.54, 1.807) is 24.6 Å². The summed E-state index contributed by atoms with van der Waals surface area (Å²) in [5, 5.41) is 15.6. The first-order valence-corrected chi connectivity index (χ1v) is 9.46. The van der Waals surface area contributed by atoms with Crippen molar-refractivity contribution in [2.45, 2.75) is 25.8 Å². The van der Waals surface area contributed by atoms with Gasteiger partial charge >= 0.3 is 0 Å². The Bertz CT molecular complexity index is 988. The molecule has 1 atom stereocenters. The highest BCUT2D eigenvalue weighted by Gasteiger charge is 2.33. The van der Waals surface area contributed by atoms with Crippen LogP contribution in [0.1, 0.15) is 24.1 Å². The van der Waals surface area contributed by atoms with Gasteiger partial charge in [0, 0.05) is 6.54 Å². The number of anilines is 2. The zero-order chi connectivity index (χ0) is 17.4. The Balaban J connectivity index is 1.62. The standard InChI is InChI=1S/C16H14N6OS2/c1-9-11(7-17)16(25-21-9)20-14(23)12-3-2-5-22(12)13-10-4-6-24-15(10)19-8-18-13/h4,6,8,12H,2-3,5H2,1H3,(H,20,23)/t12-/m0/s1. The number of nitriles is 1. The first-order valence-electron chi connectivity index (χ1n) is 7.81. The molecular weight excluding hydrogens is 356 g/mol. The molecular formula is C16H14N6OS2. The molecule has 1 N–H and O–H groups in total. The Morgan fingerprint density at radius 2 is 2.36 bits per heavy atom. The summed E-state index contributed by atoms with van der Waals surface area (Å²) in [6.45, 7) is 2.54. The summed E-state index contributed by atoms with van der Waals surface area (Å²) in [4.78, 5) is 24.5. The Kier molecular flexibility index (Phi) is 4.07. The summed E-state index contributed by atoms with van der Waals surface area (Å²) in [6, 6.07) is 3.78. The van der Waals surface area contributed by atoms with Crippen LogP contribution >= 0.6 is 22.9 Å². The third-order valence-electron chi connectivity index (χ3n) is 4.28. The number of aromatic nitrogens is 3. The number of carbonyl (C=O) groups excluding carboxylic acids is 1. The Morgan fingerprint density at radius 1 is 1.48 bits per heavy atom. The van der Waals surface area contributed by atoms with Gasteiger partial charge in [0.1, 0.15) is 39.7 Å². The largest absolute Gasteiger partial charge is 0.344 e. The summed E-state index contributed by atoms with van der Waals surface area (Å²) in [6.07, 6.45) is 3.21. The molecule has 0 aliphatic carbocycles. The molecule has 0 aromatic carbocycles. The summed E-state index contributed by atoms with van der Waals surface area (Å²) in [7, 11) is 0. The highest BCUT2D eigenvalue weighted by molar-refractivity contribution is 7.16. The lowest BCUT2D eigenvalue weighted by Crippen LogP contribution is -2.40. The van der Waals surface area contributed by atoms with Gasteiger partial charge in [0.05, 0.1) is 11.1 Å². The number of rotatable bonds is 3. The van der Waals surface area contributed by atoms with Crippen LogP contribution in [0.15, 0.2) is 17.8 Å². The van der Waals surface area contributed by atoms with Gasteiger partial charge in [-0.3, -0.25) is 4.79 Å². The first kappa shape index (κ1) is 15.9. The second kappa shape index (κ2) is 6.38. The normalized spacial score (nSPS) is 17.0. The van der Waals surface area contributed by atoms with Gasteiger partial charge in [-0.1, -0.05) is 0 Å². The summed E-state index contributed by atoms with van der Waals surface area (Å²) < 4.78 is 4.15. The van der Waals surface area contributed by atoms with Crippen LogP contribution in [0.25, 0.3) is 10.2 Å². The highest BCUT2D eigenvalue weighted by atomic mass is 32.1. The van der Waals surface area contributed by atoms with Crippen LogP contribution in [0.5, 0.6) is 0 Å². The molecule has 0 radical (unpaired) electrons. The molecule has 0 unspecified atom stereocenters. The third kappa shape index (κ3) is 2.73. The van der Waals surface area contributed by atoms with Crippen LogP contribution in [0, 0.1) is 18.3 Å². The number of nitrogens with one attached hydrogen (secondary N) is 1. The van der Waals surface area contributed by atoms with E-state index in [9.17, 15) is 10.1 Å². The van der Waals surface area contributed by atoms with Crippen LogP contribution in [-0.2, 0) is 4.79 Å². The van der Waals surface area contributed by atoms with Crippen molar-refractivity contribution in [1.29, 1.82) is 5.26 Å². The third-order valence-corrected chi connectivity index (χ3v) is 5.95. The number of fused-ring (bicyclic) bond motifs is 1. The molecule has 25 heavy (non-hydrogen) atoms. The van der Waals surface area contributed by atoms with Gasteiger partial charge in [0.15, 0.2) is 0 Å². The molecule has 3 aromatic rings. The van der Waals surface area contributed by atoms with Crippen LogP contribution in [0.2, 0.25) is 0 Å². The van der Waals surface area contributed by atoms with E-state index in [-0.39, 0.29) is 11.9 Å². The maximum absolute atomic E-state index is 12.8. The zero-order valence-electron chi connectivity index (χ0n) is 13.4. The molecule has 1 aliphatic rings. The van der Waals surface area contributed by atoms with Crippen molar-refractivity contribution < 1.29 is 4.79 Å². The highest BCUT2D eigenvalue weighted by Crippen LogP contribution is 2.32. The Labute approximate surface area is 152 Å². The minimum Gasteiger partial charge on any atom is -0.344 e. The van der Waals surface area contributed by atoms with Crippen molar-refractivity contribution in [2.75, 3.05) is 16.8 Å². The van der Waals surface area contributed by atoms with E-state index in [2.05, 4.69) is 25.7 Å². The maximum atomic E-state index is 12.8. The van der Waals surface area contributed by atoms with Gasteiger partial charge in [-0.25, -0.2) is 9.97 Å². The molecule has 126 valence electrons. The van der Waals surface area contributed by atoms with Crippen molar-refractivity contribution in [3.63, 3.8) is 0 Å². The topological polar surface area (TPSA) is 94.8 Å². The average Bonchev–Trinajstić information content (AvgIpc) is 3.33. The van der Waals surface area contributed by atoms with Crippen LogP contribution < -0.4 is 10.2 Å². The van der Waals surface area contributed by atoms with E-state index in [4.69, 9.17) is 0 Å². The van der Waals surface area contributed by atoms with Crippen molar-refractivity contribution in [1.82, 2.24) is 14.3 Å². The minimum absolute atomic E-state index is 0.125. The molecule has 0 bridgehead atoms. The second-order valence-corrected chi connectivity index (χ2v) is 7.43. The number of hydrogen-bond donors (Lipinski definition) is 1. The zero-order valence-corrected chi connectivity index (χ0v) is 15.0. The van der Waals surface area contributed by atoms with E-state index in [0.717, 1.165) is 47.0 Å². The van der Waals surface area contributed by atoms with E-state index < -0.39 is 0 Å². The van der Waals surface area contributed by atoms with Crippen molar-refractivity contribution in [2.24, 2.45) is 0 Å². The lowest BCUT2D eigenvalue weighted by Gasteiger charge is -2.25. The number of carbonyl (C=O) groups is 1. The predicted molar refractivity (Wildman–Crippen MR) is 98.0 cm³/mol. The number of amides is 1. The molecule has 1 aliphatic heterocycles. The summed E-state index contributed by atoms with van der Waals surface area (Å²) in [5.41, 5.74) is 1.08. The van der Waals surface area contributed by atoms with E-state index in [1.165, 1.54) is 0 Å². The fourth-order valence-corrected chi connectivity index (χ4v) is 4.56. The molecule has 0 saturated carbocycles. The van der Waals surface area contributed by atoms with Gasteiger partial charge in [-0.15, -0.1) is 11.3 Å². The molecule has 4 heterocycles. The molecule has 7 nitrogen and oxygen atoms in total. The predicted octanol–water partition coefficient (Wildman–Crippen LogP) is 2.94. The molecule has 4 rings (SSSR count). The number of thiophene rings is 1. The molecule has 1 fully saturated rings. The molecule has 3 aromatic heterocycles. The SMILES string of the molecule is Cc1nsc(NC(=O)[C@@H]2CCCN2c2ncnc3sccc23)c1C#N. The summed E-state index contributed by atoms with van der Waals surface area (Å²) in [5.74, 6) is 0.671. The fraction of sp³-hybridized carbons (Fsp3) is 0.312. The summed E-state index contributed by atoms with van der Waals surface area (Å²) >= 11 is 2.70. The van der Waals surface area contributed by atoms with Crippen molar-refractivity contribution in [3.05, 3.63) is 29.0 Å². The van der Waals surface area contributed by atoms with Gasteiger partial charge in [0.25, 0.3) is 0 Å². The first-order chi connectivity index (χ1) is 12.2. The van der Waals surface area contributed by atoms with E-state index in [1.807, 2.05) is 16.3 Å². The number of nitrogens with zero attached hydrogens (tertiary/aromatic N) is 5. The molecule has 0 spiro atoms. The molecule has 1 amide bonds. The van der Waals surface area contributed by atoms with Crippen molar-refractivity contribution >= 4 is 49.8 Å². The van der Waals surface area contributed by atoms with Gasteiger partial charge < -0.3 is 10.2 Å². The Morgan fingerprint density at radius 3 is 3.20 bits per heavy atom. The average molecular weight is 370 g/mol. The fourth-order valence-electron chi connectivity index (χ4n) is 3.08. The van der Waals surface area contributed by atoms with E-state index in [0.29, 0.717) is 16.3 Å². The van der Waals surface area contributed by atoms with Crippen LogP contribution in [0.4, 0.5) is 10.8 Å². The van der Waals surface area contributed by atoms with Crippen molar-refractivity contribution in [3.8, 4) is 6.07 Å². The van der Waals surface area contributed by atoms with Gasteiger partial charge in [0.2, 0.25) is 5.91 Å². The smallest absolute Gasteiger partial charge is 0.247 e. The van der Waals surface area contributed by atoms with E-state index >= 15 is 0 Å². The lowest BCUT2D eigenvalue weighted by molar-refractivity contribution is -0.117. The quantitative estimate of drug-likeness (QED) is 0.762. The number of hydrogen-bond acceptors (Lipinski definition) is 8. The van der Waals surface area contributed by atoms with Crippen LogP contribution in [-0.4, -0.2) is 32.8 Å². The monoisotopic (exact) mass is 370 g/mol. The number of aryl methyl sites for hydroxylation is 1. The molecule has 1 saturated heterocycles. The minimum atomic E-state index is -0.313. The van der Waals surface area contributed by atoms with Crippen LogP contribution in [0.3, 0.4) is 0 Å². The Hall–Kier alpha value is -2.57. The van der Waals surface area contributed by atoms with Gasteiger partial charge in [-0.2, -0.15) is 9.64 Å². The second-order valence-electron chi connectivity index (χ2n) is 5.76. The molecule has 9 heteroatoms. The maximum Gasteiger partial charge on any atom is 0.247 e. The lowest BCUT2D eigenvalue weighted by atomic mass is 10.2.